The van der Waals surface area contributed by atoms with Crippen molar-refractivity contribution >= 4 is 17.6 Å². The van der Waals surface area contributed by atoms with Gasteiger partial charge in [0, 0.05) is 36.9 Å². The van der Waals surface area contributed by atoms with E-state index in [0.29, 0.717) is 30.1 Å². The molecule has 0 aromatic heterocycles. The Kier molecular flexibility index (Phi) is 8.16. The Labute approximate surface area is 186 Å². The summed E-state index contributed by atoms with van der Waals surface area (Å²) in [5.74, 6) is -0.618. The number of amides is 3. The number of alkyl halides is 3. The Balaban J connectivity index is 0.000000913. The average molecular weight is 456 g/mol. The lowest BCUT2D eigenvalue weighted by molar-refractivity contribution is -0.137. The Morgan fingerprint density at radius 2 is 1.84 bits per heavy atom. The highest BCUT2D eigenvalue weighted by molar-refractivity contribution is 6.04. The van der Waals surface area contributed by atoms with Gasteiger partial charge in [-0.05, 0) is 55.9 Å². The van der Waals surface area contributed by atoms with E-state index in [1.807, 2.05) is 0 Å². The smallest absolute Gasteiger partial charge is 0.381 e. The maximum Gasteiger partial charge on any atom is 0.416 e. The molecule has 2 heterocycles. The number of nitrogens with one attached hydrogen (secondary N) is 2. The number of benzene rings is 1. The number of imide groups is 1. The Morgan fingerprint density at radius 3 is 2.50 bits per heavy atom. The predicted molar refractivity (Wildman–Crippen MR) is 115 cm³/mol. The maximum absolute atomic E-state index is 13.0. The third-order valence-corrected chi connectivity index (χ3v) is 5.99. The van der Waals surface area contributed by atoms with Crippen molar-refractivity contribution in [1.82, 2.24) is 10.2 Å². The van der Waals surface area contributed by atoms with E-state index < -0.39 is 17.8 Å². The van der Waals surface area contributed by atoms with Crippen molar-refractivity contribution in [2.75, 3.05) is 18.5 Å². The molecule has 0 spiro atoms. The standard InChI is InChI=1S/C20H24F3N3O3.C3H8/c21-20(22,23)14-2-4-17-13(9-14)11-26(19(28)25-17)18(27)12-1-3-16(10-12)24-15-5-7-29-8-6-15;1-3-2/h2,4,9,12,15-16,24H,1,3,5-8,10-11H2,(H,25,28);3H2,1-2H3/t12-,16?;/m0./s1. The number of halogens is 3. The minimum atomic E-state index is -4.47. The van der Waals surface area contributed by atoms with E-state index in [2.05, 4.69) is 24.5 Å². The number of nitrogens with zero attached hydrogens (tertiary/aromatic N) is 1. The van der Waals surface area contributed by atoms with Crippen LogP contribution >= 0.6 is 0 Å². The van der Waals surface area contributed by atoms with Crippen LogP contribution in [0.4, 0.5) is 23.7 Å². The summed E-state index contributed by atoms with van der Waals surface area (Å²) in [6.07, 6.45) is 0.816. The third-order valence-electron chi connectivity index (χ3n) is 5.99. The first-order chi connectivity index (χ1) is 15.2. The van der Waals surface area contributed by atoms with Gasteiger partial charge >= 0.3 is 12.2 Å². The number of rotatable bonds is 3. The van der Waals surface area contributed by atoms with Crippen LogP contribution in [-0.2, 0) is 22.3 Å². The lowest BCUT2D eigenvalue weighted by Crippen LogP contribution is -2.45. The Hall–Kier alpha value is -2.13. The quantitative estimate of drug-likeness (QED) is 0.678. The van der Waals surface area contributed by atoms with Gasteiger partial charge < -0.3 is 15.4 Å². The molecule has 1 aromatic rings. The van der Waals surface area contributed by atoms with Gasteiger partial charge in [0.25, 0.3) is 0 Å². The number of carbonyl (C=O) groups excluding carboxylic acids is 2. The lowest BCUT2D eigenvalue weighted by Gasteiger charge is -2.30. The fourth-order valence-corrected chi connectivity index (χ4v) is 4.40. The van der Waals surface area contributed by atoms with Gasteiger partial charge in [-0.2, -0.15) is 13.2 Å². The van der Waals surface area contributed by atoms with Crippen molar-refractivity contribution in [3.8, 4) is 0 Å². The first-order valence-corrected chi connectivity index (χ1v) is 11.4. The number of hydrogen-bond acceptors (Lipinski definition) is 4. The van der Waals surface area contributed by atoms with E-state index in [9.17, 15) is 22.8 Å². The number of ether oxygens (including phenoxy) is 1. The highest BCUT2D eigenvalue weighted by Crippen LogP contribution is 2.35. The number of carbonyl (C=O) groups is 2. The molecule has 3 aliphatic rings. The summed E-state index contributed by atoms with van der Waals surface area (Å²) in [4.78, 5) is 26.4. The summed E-state index contributed by atoms with van der Waals surface area (Å²) in [6.45, 7) is 5.58. The van der Waals surface area contributed by atoms with Gasteiger partial charge in [0.1, 0.15) is 0 Å². The monoisotopic (exact) mass is 455 g/mol. The van der Waals surface area contributed by atoms with Gasteiger partial charge in [0.15, 0.2) is 0 Å². The SMILES string of the molecule is CCC.O=C1Nc2ccc(C(F)(F)F)cc2CN1C(=O)[C@H]1CCC(NC2CCOCC2)C1. The maximum atomic E-state index is 13.0. The fourth-order valence-electron chi connectivity index (χ4n) is 4.40. The summed E-state index contributed by atoms with van der Waals surface area (Å²) >= 11 is 0. The number of hydrogen-bond donors (Lipinski definition) is 2. The van der Waals surface area contributed by atoms with Gasteiger partial charge in [-0.15, -0.1) is 0 Å². The van der Waals surface area contributed by atoms with Gasteiger partial charge in [-0.1, -0.05) is 20.3 Å². The lowest BCUT2D eigenvalue weighted by atomic mass is 10.0. The molecular formula is C23H32F3N3O3. The van der Waals surface area contributed by atoms with Crippen LogP contribution < -0.4 is 10.6 Å². The molecule has 4 rings (SSSR count). The molecule has 2 N–H and O–H groups in total. The first kappa shape index (κ1) is 24.5. The van der Waals surface area contributed by atoms with Crippen molar-refractivity contribution in [1.29, 1.82) is 0 Å². The Bertz CT molecular complexity index is 809. The van der Waals surface area contributed by atoms with E-state index in [4.69, 9.17) is 4.74 Å². The van der Waals surface area contributed by atoms with Crippen molar-refractivity contribution in [2.24, 2.45) is 5.92 Å². The van der Waals surface area contributed by atoms with Gasteiger partial charge in [-0.25, -0.2) is 4.79 Å². The molecule has 178 valence electrons. The minimum Gasteiger partial charge on any atom is -0.381 e. The zero-order valence-electron chi connectivity index (χ0n) is 18.6. The van der Waals surface area contributed by atoms with E-state index in [0.717, 1.165) is 49.5 Å². The molecule has 32 heavy (non-hydrogen) atoms. The van der Waals surface area contributed by atoms with E-state index in [1.54, 1.807) is 0 Å². The molecule has 1 aliphatic carbocycles. The van der Waals surface area contributed by atoms with Crippen LogP contribution in [0.5, 0.6) is 0 Å². The van der Waals surface area contributed by atoms with Crippen LogP contribution in [0.15, 0.2) is 18.2 Å². The largest absolute Gasteiger partial charge is 0.416 e. The van der Waals surface area contributed by atoms with Crippen molar-refractivity contribution in [3.05, 3.63) is 29.3 Å². The van der Waals surface area contributed by atoms with Gasteiger partial charge in [0.05, 0.1) is 12.1 Å². The summed E-state index contributed by atoms with van der Waals surface area (Å²) in [7, 11) is 0. The molecule has 2 atom stereocenters. The second kappa shape index (κ2) is 10.7. The molecule has 1 unspecified atom stereocenters. The molecule has 0 radical (unpaired) electrons. The normalized spacial score (nSPS) is 23.8. The van der Waals surface area contributed by atoms with Crippen LogP contribution in [-0.4, -0.2) is 42.1 Å². The molecule has 1 saturated heterocycles. The summed E-state index contributed by atoms with van der Waals surface area (Å²) in [5, 5.41) is 6.12. The minimum absolute atomic E-state index is 0.140. The molecule has 1 aromatic carbocycles. The van der Waals surface area contributed by atoms with E-state index in [1.165, 1.54) is 12.5 Å². The van der Waals surface area contributed by atoms with Crippen LogP contribution in [0, 0.1) is 5.92 Å². The number of urea groups is 1. The van der Waals surface area contributed by atoms with E-state index in [-0.39, 0.29) is 24.4 Å². The second-order valence-corrected chi connectivity index (χ2v) is 8.69. The molecule has 3 amide bonds. The summed E-state index contributed by atoms with van der Waals surface area (Å²) < 4.78 is 44.3. The van der Waals surface area contributed by atoms with Crippen molar-refractivity contribution < 1.29 is 27.5 Å². The zero-order chi connectivity index (χ0) is 23.3. The fraction of sp³-hybridized carbons (Fsp3) is 0.652. The predicted octanol–water partition coefficient (Wildman–Crippen LogP) is 4.93. The highest BCUT2D eigenvalue weighted by atomic mass is 19.4. The second-order valence-electron chi connectivity index (χ2n) is 8.69. The van der Waals surface area contributed by atoms with E-state index >= 15 is 0 Å². The van der Waals surface area contributed by atoms with Crippen LogP contribution in [0.3, 0.4) is 0 Å². The molecule has 2 fully saturated rings. The molecule has 1 saturated carbocycles. The van der Waals surface area contributed by atoms with Crippen LogP contribution in [0.2, 0.25) is 0 Å². The van der Waals surface area contributed by atoms with Crippen molar-refractivity contribution in [2.45, 2.75) is 77.2 Å². The van der Waals surface area contributed by atoms with Crippen molar-refractivity contribution in [3.63, 3.8) is 0 Å². The molecule has 0 bridgehead atoms. The van der Waals surface area contributed by atoms with Gasteiger partial charge in [-0.3, -0.25) is 9.69 Å². The first-order valence-electron chi connectivity index (χ1n) is 11.4. The zero-order valence-corrected chi connectivity index (χ0v) is 18.6. The topological polar surface area (TPSA) is 70.7 Å². The average Bonchev–Trinajstić information content (AvgIpc) is 3.21. The van der Waals surface area contributed by atoms with Crippen LogP contribution in [0.1, 0.15) is 63.5 Å². The molecule has 9 heteroatoms. The molecule has 2 aliphatic heterocycles. The van der Waals surface area contributed by atoms with Gasteiger partial charge in [0.2, 0.25) is 5.91 Å². The number of anilines is 1. The number of fused-ring (bicyclic) bond motifs is 1. The Morgan fingerprint density at radius 1 is 1.16 bits per heavy atom. The van der Waals surface area contributed by atoms with Crippen LogP contribution in [0.25, 0.3) is 0 Å². The summed E-state index contributed by atoms with van der Waals surface area (Å²) in [6, 6.07) is 3.18. The third kappa shape index (κ3) is 6.01. The molecular weight excluding hydrogens is 423 g/mol. The summed E-state index contributed by atoms with van der Waals surface area (Å²) in [5.41, 5.74) is -0.179. The highest BCUT2D eigenvalue weighted by Gasteiger charge is 2.38. The molecule has 6 nitrogen and oxygen atoms in total.